The van der Waals surface area contributed by atoms with Gasteiger partial charge in [0.1, 0.15) is 0 Å². The Kier molecular flexibility index (Phi) is 10.5. The third-order valence-corrected chi connectivity index (χ3v) is 8.71. The highest BCUT2D eigenvalue weighted by Crippen LogP contribution is 2.34. The standard InChI is InChI=1S/C34H28N2.C13H13N/c1-24(25-18-20-28(21-19-25)34(36)27-12-6-3-7-13-27)22-32-31(16-9-17-33(32)35)30-15-8-14-29(23-30)26-10-4-2-5-11-26;1-10-4-2-5-11(8-10)12-6-3-7-13(14)9-12/h2-23,36H,35H2,1H3;2-9H,14H2,1H3/b24-22+,36-34?;. The second kappa shape index (κ2) is 15.6. The van der Waals surface area contributed by atoms with Crippen molar-refractivity contribution in [2.24, 2.45) is 0 Å². The summed E-state index contributed by atoms with van der Waals surface area (Å²) in [5, 5.41) is 8.53. The minimum absolute atomic E-state index is 0.525. The third-order valence-electron chi connectivity index (χ3n) is 8.71. The molecule has 0 radical (unpaired) electrons. The van der Waals surface area contributed by atoms with Crippen LogP contribution in [0.25, 0.3) is 45.0 Å². The molecular formula is C47H41N3. The van der Waals surface area contributed by atoms with Gasteiger partial charge in [0.2, 0.25) is 0 Å². The van der Waals surface area contributed by atoms with E-state index in [2.05, 4.69) is 117 Å². The molecule has 7 aromatic carbocycles. The highest BCUT2D eigenvalue weighted by molar-refractivity contribution is 6.11. The van der Waals surface area contributed by atoms with Gasteiger partial charge in [-0.1, -0.05) is 157 Å². The molecule has 0 saturated heterocycles. The van der Waals surface area contributed by atoms with Crippen molar-refractivity contribution in [3.63, 3.8) is 0 Å². The quantitative estimate of drug-likeness (QED) is 0.0914. The van der Waals surface area contributed by atoms with Crippen LogP contribution >= 0.6 is 0 Å². The van der Waals surface area contributed by atoms with Crippen LogP contribution in [0.15, 0.2) is 176 Å². The number of nitrogen functional groups attached to an aromatic ring is 2. The summed E-state index contributed by atoms with van der Waals surface area (Å²) in [6.45, 7) is 4.20. The van der Waals surface area contributed by atoms with E-state index in [4.69, 9.17) is 16.9 Å². The number of anilines is 2. The van der Waals surface area contributed by atoms with E-state index < -0.39 is 0 Å². The van der Waals surface area contributed by atoms with Crippen LogP contribution in [0.2, 0.25) is 0 Å². The first kappa shape index (κ1) is 33.5. The van der Waals surface area contributed by atoms with Crippen molar-refractivity contribution in [1.29, 1.82) is 5.41 Å². The molecule has 5 N–H and O–H groups in total. The highest BCUT2D eigenvalue weighted by atomic mass is 14.6. The molecule has 0 unspecified atom stereocenters. The molecule has 7 rings (SSSR count). The van der Waals surface area contributed by atoms with Crippen LogP contribution in [0, 0.1) is 12.3 Å². The number of aryl methyl sites for hydroxylation is 1. The van der Waals surface area contributed by atoms with Crippen molar-refractivity contribution in [3.8, 4) is 33.4 Å². The van der Waals surface area contributed by atoms with Crippen molar-refractivity contribution in [1.82, 2.24) is 0 Å². The van der Waals surface area contributed by atoms with E-state index in [1.807, 2.05) is 78.9 Å². The Hall–Kier alpha value is -6.45. The number of nitrogens with one attached hydrogen (secondary N) is 1. The summed E-state index contributed by atoms with van der Waals surface area (Å²) in [6, 6.07) is 59.5. The molecule has 3 heteroatoms. The second-order valence-electron chi connectivity index (χ2n) is 12.4. The molecule has 7 aromatic rings. The molecular weight excluding hydrogens is 607 g/mol. The minimum atomic E-state index is 0.525. The van der Waals surface area contributed by atoms with Crippen LogP contribution in [0.1, 0.15) is 34.7 Å². The van der Waals surface area contributed by atoms with Crippen LogP contribution in [-0.4, -0.2) is 5.71 Å². The lowest BCUT2D eigenvalue weighted by Crippen LogP contribution is -2.00. The molecule has 0 spiro atoms. The lowest BCUT2D eigenvalue weighted by atomic mass is 9.93. The fourth-order valence-electron chi connectivity index (χ4n) is 6.01. The van der Waals surface area contributed by atoms with Crippen molar-refractivity contribution in [2.75, 3.05) is 11.5 Å². The fraction of sp³-hybridized carbons (Fsp3) is 0.0426. The number of benzene rings is 7. The molecule has 0 aromatic heterocycles. The van der Waals surface area contributed by atoms with Gasteiger partial charge in [0.05, 0.1) is 5.71 Å². The summed E-state index contributed by atoms with van der Waals surface area (Å²) >= 11 is 0. The Labute approximate surface area is 295 Å². The fourth-order valence-corrected chi connectivity index (χ4v) is 6.01. The van der Waals surface area contributed by atoms with E-state index in [0.29, 0.717) is 5.71 Å². The summed E-state index contributed by atoms with van der Waals surface area (Å²) in [5.74, 6) is 0. The van der Waals surface area contributed by atoms with Gasteiger partial charge in [0.15, 0.2) is 0 Å². The Morgan fingerprint density at radius 1 is 0.480 bits per heavy atom. The zero-order valence-electron chi connectivity index (χ0n) is 28.5. The van der Waals surface area contributed by atoms with Crippen LogP contribution < -0.4 is 11.5 Å². The Bertz CT molecular complexity index is 2210. The van der Waals surface area contributed by atoms with Gasteiger partial charge >= 0.3 is 0 Å². The molecule has 0 bridgehead atoms. The predicted molar refractivity (Wildman–Crippen MR) is 215 cm³/mol. The monoisotopic (exact) mass is 647 g/mol. The van der Waals surface area contributed by atoms with Crippen molar-refractivity contribution < 1.29 is 0 Å². The maximum atomic E-state index is 8.53. The molecule has 0 aliphatic rings. The lowest BCUT2D eigenvalue weighted by Gasteiger charge is -2.13. The molecule has 0 fully saturated rings. The molecule has 0 heterocycles. The summed E-state index contributed by atoms with van der Waals surface area (Å²) < 4.78 is 0. The average molecular weight is 648 g/mol. The van der Waals surface area contributed by atoms with Gasteiger partial charge in [-0.15, -0.1) is 0 Å². The first-order chi connectivity index (χ1) is 24.4. The number of allylic oxidation sites excluding steroid dienone is 1. The summed E-state index contributed by atoms with van der Waals surface area (Å²) in [4.78, 5) is 0. The van der Waals surface area contributed by atoms with Gasteiger partial charge in [-0.3, -0.25) is 5.41 Å². The van der Waals surface area contributed by atoms with Gasteiger partial charge < -0.3 is 11.5 Å². The number of hydrogen-bond acceptors (Lipinski definition) is 3. The highest BCUT2D eigenvalue weighted by Gasteiger charge is 2.10. The number of nitrogens with two attached hydrogens (primary N) is 2. The normalized spacial score (nSPS) is 11.0. The summed E-state index contributed by atoms with van der Waals surface area (Å²) in [5.41, 5.74) is 27.6. The molecule has 0 aliphatic heterocycles. The first-order valence-electron chi connectivity index (χ1n) is 16.8. The Balaban J connectivity index is 0.000000257. The van der Waals surface area contributed by atoms with Crippen molar-refractivity contribution >= 4 is 28.7 Å². The van der Waals surface area contributed by atoms with Gasteiger partial charge in [-0.2, -0.15) is 0 Å². The zero-order chi connectivity index (χ0) is 34.9. The van der Waals surface area contributed by atoms with Gasteiger partial charge in [0.25, 0.3) is 0 Å². The first-order valence-corrected chi connectivity index (χ1v) is 16.8. The van der Waals surface area contributed by atoms with Crippen molar-refractivity contribution in [2.45, 2.75) is 13.8 Å². The lowest BCUT2D eigenvalue weighted by molar-refractivity contribution is 1.45. The van der Waals surface area contributed by atoms with Gasteiger partial charge in [0, 0.05) is 22.5 Å². The average Bonchev–Trinajstić information content (AvgIpc) is 3.16. The van der Waals surface area contributed by atoms with E-state index >= 15 is 0 Å². The maximum absolute atomic E-state index is 8.53. The number of rotatable bonds is 7. The summed E-state index contributed by atoms with van der Waals surface area (Å²) in [6.07, 6.45) is 2.16. The molecule has 50 heavy (non-hydrogen) atoms. The smallest absolute Gasteiger partial charge is 0.0684 e. The molecule has 0 amide bonds. The van der Waals surface area contributed by atoms with E-state index in [-0.39, 0.29) is 0 Å². The Morgan fingerprint density at radius 2 is 1.00 bits per heavy atom. The maximum Gasteiger partial charge on any atom is 0.0684 e. The van der Waals surface area contributed by atoms with E-state index in [1.165, 1.54) is 27.8 Å². The second-order valence-corrected chi connectivity index (χ2v) is 12.4. The van der Waals surface area contributed by atoms with Crippen LogP contribution in [0.5, 0.6) is 0 Å². The minimum Gasteiger partial charge on any atom is -0.399 e. The molecule has 0 aliphatic carbocycles. The Morgan fingerprint density at radius 3 is 1.68 bits per heavy atom. The van der Waals surface area contributed by atoms with Gasteiger partial charge in [-0.25, -0.2) is 0 Å². The van der Waals surface area contributed by atoms with E-state index in [9.17, 15) is 0 Å². The van der Waals surface area contributed by atoms with Gasteiger partial charge in [-0.05, 0) is 94.3 Å². The topological polar surface area (TPSA) is 75.9 Å². The summed E-state index contributed by atoms with van der Waals surface area (Å²) in [7, 11) is 0. The zero-order valence-corrected chi connectivity index (χ0v) is 28.5. The molecule has 3 nitrogen and oxygen atoms in total. The number of hydrogen-bond donors (Lipinski definition) is 3. The molecule has 0 saturated carbocycles. The molecule has 244 valence electrons. The van der Waals surface area contributed by atoms with Crippen LogP contribution in [0.4, 0.5) is 11.4 Å². The SMILES string of the molecule is C/C(=C\c1c(N)cccc1-c1cccc(-c2ccccc2)c1)c1ccc(C(=N)c2ccccc2)cc1.Cc1cccc(-c2cccc(N)c2)c1. The molecule has 0 atom stereocenters. The third kappa shape index (κ3) is 8.15. The van der Waals surface area contributed by atoms with Crippen LogP contribution in [0.3, 0.4) is 0 Å². The van der Waals surface area contributed by atoms with Crippen molar-refractivity contribution in [3.05, 3.63) is 204 Å². The van der Waals surface area contributed by atoms with E-state index in [1.54, 1.807) is 0 Å². The van der Waals surface area contributed by atoms with Crippen LogP contribution in [-0.2, 0) is 0 Å². The largest absolute Gasteiger partial charge is 0.399 e. The van der Waals surface area contributed by atoms with E-state index in [0.717, 1.165) is 50.3 Å². The predicted octanol–water partition coefficient (Wildman–Crippen LogP) is 11.8.